The third-order valence-electron chi connectivity index (χ3n) is 7.03. The van der Waals surface area contributed by atoms with Gasteiger partial charge in [-0.15, -0.1) is 0 Å². The van der Waals surface area contributed by atoms with Crippen molar-refractivity contribution in [3.63, 3.8) is 0 Å². The molecule has 2 aromatic carbocycles. The standard InChI is InChI=1S/C28H33NO7/c1-29-20-10-11-21(29)19(15-17-9-13-23(32-3)28(36-7)26(17)34-5)24(30)18(20)14-16-8-12-22(31-2)27(35-6)25(16)33-4/h8-9,12-15,20-21H,10-11H2,1-7H3/b18-14+,19-15+. The molecular weight excluding hydrogens is 462 g/mol. The molecule has 2 bridgehead atoms. The van der Waals surface area contributed by atoms with E-state index in [-0.39, 0.29) is 17.9 Å². The molecule has 0 aromatic heterocycles. The summed E-state index contributed by atoms with van der Waals surface area (Å²) in [6, 6.07) is 7.42. The number of ketones is 1. The van der Waals surface area contributed by atoms with E-state index in [1.807, 2.05) is 36.4 Å². The molecule has 4 rings (SSSR count). The van der Waals surface area contributed by atoms with Crippen LogP contribution in [0.5, 0.6) is 34.5 Å². The second kappa shape index (κ2) is 10.5. The van der Waals surface area contributed by atoms with E-state index in [1.165, 1.54) is 0 Å². The Morgan fingerprint density at radius 2 is 1.03 bits per heavy atom. The van der Waals surface area contributed by atoms with E-state index in [2.05, 4.69) is 11.9 Å². The summed E-state index contributed by atoms with van der Waals surface area (Å²) in [4.78, 5) is 16.2. The van der Waals surface area contributed by atoms with Gasteiger partial charge < -0.3 is 28.4 Å². The summed E-state index contributed by atoms with van der Waals surface area (Å²) in [5.74, 6) is 3.15. The molecule has 2 fully saturated rings. The fraction of sp³-hybridized carbons (Fsp3) is 0.393. The van der Waals surface area contributed by atoms with E-state index in [4.69, 9.17) is 28.4 Å². The molecule has 8 heteroatoms. The minimum atomic E-state index is 0.00859. The van der Waals surface area contributed by atoms with Crippen LogP contribution in [-0.4, -0.2) is 72.5 Å². The number of hydrogen-bond acceptors (Lipinski definition) is 8. The van der Waals surface area contributed by atoms with E-state index in [9.17, 15) is 4.79 Å². The second-order valence-electron chi connectivity index (χ2n) is 8.65. The lowest BCUT2D eigenvalue weighted by atomic mass is 9.88. The predicted molar refractivity (Wildman–Crippen MR) is 138 cm³/mol. The zero-order valence-electron chi connectivity index (χ0n) is 21.8. The number of nitrogens with zero attached hydrogens (tertiary/aromatic N) is 1. The lowest BCUT2D eigenvalue weighted by Crippen LogP contribution is -2.43. The Hall–Kier alpha value is -3.65. The number of methoxy groups -OCH3 is 6. The number of fused-ring (bicyclic) bond motifs is 2. The molecule has 0 aliphatic carbocycles. The van der Waals surface area contributed by atoms with Crippen molar-refractivity contribution >= 4 is 17.9 Å². The Morgan fingerprint density at radius 1 is 0.639 bits per heavy atom. The monoisotopic (exact) mass is 495 g/mol. The molecule has 0 amide bonds. The minimum absolute atomic E-state index is 0.00859. The molecule has 2 aromatic rings. The van der Waals surface area contributed by atoms with E-state index < -0.39 is 0 Å². The van der Waals surface area contributed by atoms with Crippen LogP contribution in [0.1, 0.15) is 24.0 Å². The van der Waals surface area contributed by atoms with Crippen molar-refractivity contribution in [3.8, 4) is 34.5 Å². The highest BCUT2D eigenvalue weighted by Gasteiger charge is 2.45. The normalized spacial score (nSPS) is 21.6. The number of ether oxygens (including phenoxy) is 6. The number of hydrogen-bond donors (Lipinski definition) is 0. The number of carbonyl (C=O) groups is 1. The number of piperidine rings is 1. The molecule has 2 atom stereocenters. The maximum absolute atomic E-state index is 13.9. The van der Waals surface area contributed by atoms with Crippen LogP contribution in [0.25, 0.3) is 12.2 Å². The smallest absolute Gasteiger partial charge is 0.203 e. The first-order valence-corrected chi connectivity index (χ1v) is 11.7. The summed E-state index contributed by atoms with van der Waals surface area (Å²) in [5.41, 5.74) is 2.92. The highest BCUT2D eigenvalue weighted by Crippen LogP contribution is 2.46. The highest BCUT2D eigenvalue weighted by molar-refractivity contribution is 6.16. The van der Waals surface area contributed by atoms with Crippen LogP contribution in [0, 0.1) is 0 Å². The molecule has 8 nitrogen and oxygen atoms in total. The maximum atomic E-state index is 13.9. The average molecular weight is 496 g/mol. The molecule has 0 N–H and O–H groups in total. The molecule has 0 radical (unpaired) electrons. The summed E-state index contributed by atoms with van der Waals surface area (Å²) in [5, 5.41) is 0. The van der Waals surface area contributed by atoms with Gasteiger partial charge in [0.2, 0.25) is 11.5 Å². The Morgan fingerprint density at radius 3 is 1.36 bits per heavy atom. The summed E-state index contributed by atoms with van der Waals surface area (Å²) in [7, 11) is 11.5. The molecule has 0 spiro atoms. The fourth-order valence-corrected chi connectivity index (χ4v) is 5.29. The van der Waals surface area contributed by atoms with Crippen molar-refractivity contribution in [3.05, 3.63) is 46.5 Å². The quantitative estimate of drug-likeness (QED) is 0.503. The number of likely N-dealkylation sites (N-methyl/N-ethyl adjacent to an activating group) is 1. The van der Waals surface area contributed by atoms with Gasteiger partial charge in [-0.3, -0.25) is 9.69 Å². The van der Waals surface area contributed by atoms with Crippen molar-refractivity contribution in [1.29, 1.82) is 0 Å². The van der Waals surface area contributed by atoms with Crippen LogP contribution in [0.2, 0.25) is 0 Å². The lowest BCUT2D eigenvalue weighted by Gasteiger charge is -2.34. The van der Waals surface area contributed by atoms with Crippen molar-refractivity contribution in [1.82, 2.24) is 4.90 Å². The third-order valence-corrected chi connectivity index (χ3v) is 7.03. The van der Waals surface area contributed by atoms with Crippen LogP contribution in [0.3, 0.4) is 0 Å². The van der Waals surface area contributed by atoms with E-state index in [0.29, 0.717) is 45.6 Å². The average Bonchev–Trinajstić information content (AvgIpc) is 3.22. The van der Waals surface area contributed by atoms with Gasteiger partial charge in [0.05, 0.1) is 42.7 Å². The van der Waals surface area contributed by atoms with Gasteiger partial charge in [0, 0.05) is 34.4 Å². The largest absolute Gasteiger partial charge is 0.493 e. The topological polar surface area (TPSA) is 75.7 Å². The molecule has 2 unspecified atom stereocenters. The molecule has 36 heavy (non-hydrogen) atoms. The maximum Gasteiger partial charge on any atom is 0.203 e. The zero-order chi connectivity index (χ0) is 26.0. The molecular formula is C28H33NO7. The first-order chi connectivity index (χ1) is 17.4. The second-order valence-corrected chi connectivity index (χ2v) is 8.65. The van der Waals surface area contributed by atoms with Gasteiger partial charge in [-0.05, 0) is 56.3 Å². The SMILES string of the molecule is COc1ccc(/C=C2/C(=O)/C(=C/c3ccc(OC)c(OC)c3OC)C3CCC2N3C)c(OC)c1OC. The van der Waals surface area contributed by atoms with Gasteiger partial charge in [0.25, 0.3) is 0 Å². The third kappa shape index (κ3) is 4.15. The summed E-state index contributed by atoms with van der Waals surface area (Å²) in [6.07, 6.45) is 5.58. The van der Waals surface area contributed by atoms with Crippen LogP contribution < -0.4 is 28.4 Å². The molecule has 2 aliphatic rings. The van der Waals surface area contributed by atoms with Gasteiger partial charge >= 0.3 is 0 Å². The molecule has 2 aliphatic heterocycles. The van der Waals surface area contributed by atoms with Gasteiger partial charge in [-0.25, -0.2) is 0 Å². The highest BCUT2D eigenvalue weighted by atomic mass is 16.5. The van der Waals surface area contributed by atoms with Crippen molar-refractivity contribution in [2.75, 3.05) is 49.7 Å². The first kappa shape index (κ1) is 25.4. The Bertz CT molecular complexity index is 1130. The van der Waals surface area contributed by atoms with Gasteiger partial charge in [0.1, 0.15) is 0 Å². The Labute approximate surface area is 212 Å². The van der Waals surface area contributed by atoms with Crippen molar-refractivity contribution in [2.24, 2.45) is 0 Å². The number of carbonyl (C=O) groups excluding carboxylic acids is 1. The molecule has 2 heterocycles. The summed E-state index contributed by atoms with van der Waals surface area (Å²) in [6.45, 7) is 0. The fourth-order valence-electron chi connectivity index (χ4n) is 5.29. The summed E-state index contributed by atoms with van der Waals surface area (Å²) < 4.78 is 33.2. The Kier molecular flexibility index (Phi) is 7.45. The Balaban J connectivity index is 1.85. The van der Waals surface area contributed by atoms with E-state index in [0.717, 1.165) is 24.0 Å². The van der Waals surface area contributed by atoms with E-state index in [1.54, 1.807) is 42.7 Å². The van der Waals surface area contributed by atoms with Crippen molar-refractivity contribution < 1.29 is 33.2 Å². The van der Waals surface area contributed by atoms with Crippen LogP contribution in [0.15, 0.2) is 35.4 Å². The van der Waals surface area contributed by atoms with Crippen LogP contribution >= 0.6 is 0 Å². The van der Waals surface area contributed by atoms with Gasteiger partial charge in [-0.1, -0.05) is 0 Å². The van der Waals surface area contributed by atoms with E-state index >= 15 is 0 Å². The minimum Gasteiger partial charge on any atom is -0.493 e. The molecule has 192 valence electrons. The number of Topliss-reactive ketones (excluding diaryl/α,β-unsaturated/α-hetero) is 1. The molecule has 0 saturated carbocycles. The van der Waals surface area contributed by atoms with Gasteiger partial charge in [-0.2, -0.15) is 0 Å². The van der Waals surface area contributed by atoms with Gasteiger partial charge in [0.15, 0.2) is 28.8 Å². The number of benzene rings is 2. The number of rotatable bonds is 8. The van der Waals surface area contributed by atoms with Crippen molar-refractivity contribution in [2.45, 2.75) is 24.9 Å². The predicted octanol–water partition coefficient (Wildman–Crippen LogP) is 4.25. The lowest BCUT2D eigenvalue weighted by molar-refractivity contribution is -0.114. The summed E-state index contributed by atoms with van der Waals surface area (Å²) >= 11 is 0. The zero-order valence-corrected chi connectivity index (χ0v) is 21.8. The van der Waals surface area contributed by atoms with Crippen LogP contribution in [0.4, 0.5) is 0 Å². The molecule has 2 saturated heterocycles. The first-order valence-electron chi connectivity index (χ1n) is 11.7. The van der Waals surface area contributed by atoms with Crippen LogP contribution in [-0.2, 0) is 4.79 Å².